The fraction of sp³-hybridized carbons (Fsp3) is 0.200. The van der Waals surface area contributed by atoms with Crippen LogP contribution in [-0.4, -0.2) is 30.1 Å². The zero-order valence-electron chi connectivity index (χ0n) is 11.9. The average Bonchev–Trinajstić information content (AvgIpc) is 3.31. The van der Waals surface area contributed by atoms with Crippen LogP contribution in [0.5, 0.6) is 11.5 Å². The van der Waals surface area contributed by atoms with Gasteiger partial charge in [0.15, 0.2) is 9.84 Å². The molecule has 8 heteroatoms. The molecule has 1 heterocycles. The van der Waals surface area contributed by atoms with E-state index in [1.807, 2.05) is 0 Å². The quantitative estimate of drug-likeness (QED) is 0.451. The molecule has 3 rings (SSSR count). The van der Waals surface area contributed by atoms with Crippen LogP contribution >= 0.6 is 11.8 Å². The highest BCUT2D eigenvalue weighted by Crippen LogP contribution is 2.33. The fourth-order valence-electron chi connectivity index (χ4n) is 1.99. The number of ether oxygens (including phenoxy) is 1. The molecule has 1 aliphatic rings. The Morgan fingerprint density at radius 1 is 1.09 bits per heavy atom. The van der Waals surface area contributed by atoms with Crippen molar-refractivity contribution in [2.45, 2.75) is 10.1 Å². The molecule has 0 radical (unpaired) electrons. The second-order valence-corrected chi connectivity index (χ2v) is 8.43. The van der Waals surface area contributed by atoms with Gasteiger partial charge >= 0.3 is 0 Å². The predicted molar refractivity (Wildman–Crippen MR) is 87.9 cm³/mol. The highest BCUT2D eigenvalue weighted by atomic mass is 32.2. The lowest BCUT2D eigenvalue weighted by Crippen LogP contribution is -2.10. The van der Waals surface area contributed by atoms with Crippen LogP contribution in [0.25, 0.3) is 0 Å². The van der Waals surface area contributed by atoms with E-state index in [1.165, 1.54) is 36.4 Å². The van der Waals surface area contributed by atoms with Crippen LogP contribution in [0.15, 0.2) is 53.4 Å². The Morgan fingerprint density at radius 2 is 1.61 bits per heavy atom. The summed E-state index contributed by atoms with van der Waals surface area (Å²) in [5.74, 6) is 1.99. The van der Waals surface area contributed by atoms with Crippen LogP contribution in [0.1, 0.15) is 0 Å². The predicted octanol–water partition coefficient (Wildman–Crippen LogP) is 3.28. The van der Waals surface area contributed by atoms with Gasteiger partial charge in [-0.25, -0.2) is 8.42 Å². The van der Waals surface area contributed by atoms with Gasteiger partial charge in [-0.1, -0.05) is 0 Å². The first kappa shape index (κ1) is 15.8. The lowest BCUT2D eigenvalue weighted by Gasteiger charge is -2.07. The molecule has 1 aliphatic heterocycles. The third-order valence-electron chi connectivity index (χ3n) is 3.27. The van der Waals surface area contributed by atoms with Gasteiger partial charge in [0.05, 0.1) is 15.6 Å². The zero-order valence-corrected chi connectivity index (χ0v) is 13.5. The number of hydrogen-bond donors (Lipinski definition) is 0. The molecule has 0 spiro atoms. The molecule has 0 aromatic heterocycles. The van der Waals surface area contributed by atoms with E-state index in [0.717, 1.165) is 5.75 Å². The van der Waals surface area contributed by atoms with E-state index < -0.39 is 14.8 Å². The van der Waals surface area contributed by atoms with Crippen molar-refractivity contribution in [1.82, 2.24) is 0 Å². The number of sulfone groups is 1. The summed E-state index contributed by atoms with van der Waals surface area (Å²) in [4.78, 5) is 10.4. The summed E-state index contributed by atoms with van der Waals surface area (Å²) < 4.78 is 29.8. The molecule has 0 amide bonds. The molecule has 0 saturated carbocycles. The van der Waals surface area contributed by atoms with Crippen molar-refractivity contribution >= 4 is 27.3 Å². The van der Waals surface area contributed by atoms with Crippen LogP contribution in [0, 0.1) is 10.1 Å². The molecule has 1 unspecified atom stereocenters. The number of hydrogen-bond acceptors (Lipinski definition) is 6. The van der Waals surface area contributed by atoms with Crippen molar-refractivity contribution in [3.8, 4) is 11.5 Å². The summed E-state index contributed by atoms with van der Waals surface area (Å²) >= 11 is 1.65. The largest absolute Gasteiger partial charge is 0.457 e. The molecule has 0 bridgehead atoms. The number of rotatable bonds is 6. The molecular formula is C15H13NO5S2. The zero-order chi connectivity index (χ0) is 16.4. The maximum Gasteiger partial charge on any atom is 0.269 e. The topological polar surface area (TPSA) is 86.5 Å². The fourth-order valence-corrected chi connectivity index (χ4v) is 4.67. The Bertz CT molecular complexity index is 812. The smallest absolute Gasteiger partial charge is 0.269 e. The van der Waals surface area contributed by atoms with Crippen molar-refractivity contribution in [3.63, 3.8) is 0 Å². The van der Waals surface area contributed by atoms with E-state index in [9.17, 15) is 18.5 Å². The summed E-state index contributed by atoms with van der Waals surface area (Å²) in [6.07, 6.45) is 0. The molecule has 2 aromatic rings. The number of thioether (sulfide) groups is 1. The molecule has 0 N–H and O–H groups in total. The van der Waals surface area contributed by atoms with E-state index in [-0.39, 0.29) is 21.6 Å². The number of nitro groups is 1. The van der Waals surface area contributed by atoms with E-state index in [1.54, 1.807) is 23.9 Å². The van der Waals surface area contributed by atoms with Gasteiger partial charge in [0.25, 0.3) is 5.69 Å². The summed E-state index contributed by atoms with van der Waals surface area (Å²) in [7, 11) is -3.25. The molecule has 23 heavy (non-hydrogen) atoms. The van der Waals surface area contributed by atoms with Gasteiger partial charge < -0.3 is 4.74 Å². The Hall–Kier alpha value is -2.06. The van der Waals surface area contributed by atoms with Gasteiger partial charge in [-0.05, 0) is 36.4 Å². The van der Waals surface area contributed by atoms with Crippen LogP contribution in [0.3, 0.4) is 0 Å². The number of nitrogens with zero attached hydrogens (tertiary/aromatic N) is 1. The van der Waals surface area contributed by atoms with Gasteiger partial charge in [0.2, 0.25) is 0 Å². The number of benzene rings is 2. The van der Waals surface area contributed by atoms with Gasteiger partial charge in [0.1, 0.15) is 11.5 Å². The normalized spacial score (nSPS) is 16.8. The first-order valence-electron chi connectivity index (χ1n) is 6.81. The minimum absolute atomic E-state index is 0.0169. The molecule has 2 aromatic carbocycles. The van der Waals surface area contributed by atoms with Crippen LogP contribution in [0.4, 0.5) is 5.69 Å². The maximum atomic E-state index is 12.1. The van der Waals surface area contributed by atoms with Crippen molar-refractivity contribution in [1.29, 1.82) is 0 Å². The SMILES string of the molecule is O=[N+]([O-])c1ccc(Oc2ccc(S(=O)(=O)CC3CS3)cc2)cc1. The third-order valence-corrected chi connectivity index (χ3v) is 6.29. The maximum absolute atomic E-state index is 12.1. The molecule has 6 nitrogen and oxygen atoms in total. The van der Waals surface area contributed by atoms with E-state index in [4.69, 9.17) is 4.74 Å². The Balaban J connectivity index is 1.70. The van der Waals surface area contributed by atoms with Gasteiger partial charge in [-0.3, -0.25) is 10.1 Å². The summed E-state index contributed by atoms with van der Waals surface area (Å²) in [6, 6.07) is 11.9. The second kappa shape index (κ2) is 6.21. The molecule has 1 atom stereocenters. The highest BCUT2D eigenvalue weighted by Gasteiger charge is 2.29. The van der Waals surface area contributed by atoms with E-state index >= 15 is 0 Å². The van der Waals surface area contributed by atoms with Crippen molar-refractivity contribution in [2.24, 2.45) is 0 Å². The minimum atomic E-state index is -3.25. The summed E-state index contributed by atoms with van der Waals surface area (Å²) in [5, 5.41) is 10.8. The Morgan fingerprint density at radius 3 is 2.09 bits per heavy atom. The van der Waals surface area contributed by atoms with Gasteiger partial charge in [-0.2, -0.15) is 11.8 Å². The first-order chi connectivity index (χ1) is 10.9. The van der Waals surface area contributed by atoms with E-state index in [0.29, 0.717) is 11.5 Å². The van der Waals surface area contributed by atoms with Gasteiger partial charge in [-0.15, -0.1) is 0 Å². The molecular weight excluding hydrogens is 338 g/mol. The monoisotopic (exact) mass is 351 g/mol. The third kappa shape index (κ3) is 4.02. The standard InChI is InChI=1S/C15H13NO5S2/c17-16(18)11-1-3-12(4-2-11)21-13-5-7-15(8-6-13)23(19,20)10-14-9-22-14/h1-8,14H,9-10H2. The number of nitro benzene ring substituents is 1. The van der Waals surface area contributed by atoms with Crippen molar-refractivity contribution in [2.75, 3.05) is 11.5 Å². The Labute approximate surface area is 137 Å². The molecule has 120 valence electrons. The van der Waals surface area contributed by atoms with E-state index in [2.05, 4.69) is 0 Å². The first-order valence-corrected chi connectivity index (χ1v) is 9.51. The number of non-ortho nitro benzene ring substituents is 1. The van der Waals surface area contributed by atoms with Crippen molar-refractivity contribution in [3.05, 3.63) is 58.6 Å². The van der Waals surface area contributed by atoms with Crippen LogP contribution in [0.2, 0.25) is 0 Å². The molecule has 1 fully saturated rings. The van der Waals surface area contributed by atoms with Gasteiger partial charge in [0, 0.05) is 23.1 Å². The van der Waals surface area contributed by atoms with Crippen LogP contribution < -0.4 is 4.74 Å². The van der Waals surface area contributed by atoms with Crippen molar-refractivity contribution < 1.29 is 18.1 Å². The molecule has 1 saturated heterocycles. The summed E-state index contributed by atoms with van der Waals surface area (Å²) in [5.41, 5.74) is -0.0169. The molecule has 0 aliphatic carbocycles. The van der Waals surface area contributed by atoms with Crippen LogP contribution in [-0.2, 0) is 9.84 Å². The Kier molecular flexibility index (Phi) is 4.27. The summed E-state index contributed by atoms with van der Waals surface area (Å²) in [6.45, 7) is 0. The lowest BCUT2D eigenvalue weighted by molar-refractivity contribution is -0.384. The lowest BCUT2D eigenvalue weighted by atomic mass is 10.3. The minimum Gasteiger partial charge on any atom is -0.457 e. The highest BCUT2D eigenvalue weighted by molar-refractivity contribution is 8.08. The second-order valence-electron chi connectivity index (χ2n) is 5.06. The average molecular weight is 351 g/mol.